The Morgan fingerprint density at radius 2 is 1.91 bits per heavy atom. The topological polar surface area (TPSA) is 47.6 Å². The van der Waals surface area contributed by atoms with E-state index in [0.29, 0.717) is 19.0 Å². The van der Waals surface area contributed by atoms with Crippen LogP contribution in [0.2, 0.25) is 0 Å². The first-order valence-corrected chi connectivity index (χ1v) is 8.63. The second kappa shape index (κ2) is 6.16. The molecule has 4 nitrogen and oxygen atoms in total. The lowest BCUT2D eigenvalue weighted by molar-refractivity contribution is -0.115. The Hall–Kier alpha value is -2.14. The van der Waals surface area contributed by atoms with Crippen LogP contribution in [0, 0.1) is 0 Å². The lowest BCUT2D eigenvalue weighted by Crippen LogP contribution is -2.24. The molecule has 0 saturated heterocycles. The van der Waals surface area contributed by atoms with Crippen molar-refractivity contribution in [1.82, 2.24) is 0 Å². The molecular weight excluding hydrogens is 310 g/mol. The minimum Gasteiger partial charge on any atom is -0.490 e. The van der Waals surface area contributed by atoms with E-state index in [2.05, 4.69) is 17.4 Å². The van der Waals surface area contributed by atoms with Gasteiger partial charge >= 0.3 is 0 Å². The van der Waals surface area contributed by atoms with Crippen LogP contribution < -0.4 is 14.8 Å². The summed E-state index contributed by atoms with van der Waals surface area (Å²) in [4.78, 5) is 13.7. The smallest absolute Gasteiger partial charge is 0.238 e. The molecule has 0 radical (unpaired) electrons. The van der Waals surface area contributed by atoms with Crippen LogP contribution in [0.25, 0.3) is 0 Å². The summed E-state index contributed by atoms with van der Waals surface area (Å²) in [5.41, 5.74) is 1.99. The number of carbonyl (C=O) groups is 1. The molecule has 0 saturated carbocycles. The monoisotopic (exact) mass is 327 g/mol. The molecule has 0 aliphatic carbocycles. The molecule has 2 aromatic rings. The Morgan fingerprint density at radius 1 is 1.09 bits per heavy atom. The van der Waals surface area contributed by atoms with Crippen molar-refractivity contribution in [3.63, 3.8) is 0 Å². The van der Waals surface area contributed by atoms with E-state index in [1.54, 1.807) is 11.8 Å². The number of rotatable bonds is 2. The first-order valence-electron chi connectivity index (χ1n) is 7.75. The zero-order chi connectivity index (χ0) is 15.6. The van der Waals surface area contributed by atoms with E-state index < -0.39 is 0 Å². The molecule has 1 unspecified atom stereocenters. The number of thioether (sulfide) groups is 1. The number of hydrogen-bond acceptors (Lipinski definition) is 4. The van der Waals surface area contributed by atoms with Gasteiger partial charge in [-0.05, 0) is 30.2 Å². The third-order valence-corrected chi connectivity index (χ3v) is 5.27. The van der Waals surface area contributed by atoms with Gasteiger partial charge in [-0.2, -0.15) is 0 Å². The van der Waals surface area contributed by atoms with Gasteiger partial charge in [0.25, 0.3) is 0 Å². The van der Waals surface area contributed by atoms with E-state index in [4.69, 9.17) is 9.47 Å². The fourth-order valence-electron chi connectivity index (χ4n) is 2.79. The molecule has 2 aliphatic heterocycles. The van der Waals surface area contributed by atoms with Crippen LogP contribution in [0.1, 0.15) is 12.0 Å². The quantitative estimate of drug-likeness (QED) is 0.917. The highest BCUT2D eigenvalue weighted by molar-refractivity contribution is 8.01. The number of nitrogens with one attached hydrogen (secondary N) is 1. The molecule has 1 N–H and O–H groups in total. The maximum Gasteiger partial charge on any atom is 0.238 e. The van der Waals surface area contributed by atoms with Gasteiger partial charge in [-0.15, -0.1) is 11.8 Å². The maximum absolute atomic E-state index is 12.5. The van der Waals surface area contributed by atoms with Crippen molar-refractivity contribution in [2.45, 2.75) is 23.0 Å². The maximum atomic E-state index is 12.5. The van der Waals surface area contributed by atoms with Crippen LogP contribution in [0.5, 0.6) is 11.5 Å². The van der Waals surface area contributed by atoms with E-state index in [9.17, 15) is 4.79 Å². The number of amides is 1. The molecule has 4 rings (SSSR count). The van der Waals surface area contributed by atoms with Crippen molar-refractivity contribution in [2.24, 2.45) is 0 Å². The van der Waals surface area contributed by atoms with Crippen LogP contribution >= 0.6 is 11.8 Å². The molecule has 2 aromatic carbocycles. The van der Waals surface area contributed by atoms with Gasteiger partial charge < -0.3 is 14.8 Å². The van der Waals surface area contributed by atoms with E-state index in [1.165, 1.54) is 10.5 Å². The first kappa shape index (κ1) is 14.5. The van der Waals surface area contributed by atoms with Gasteiger partial charge in [-0.25, -0.2) is 0 Å². The van der Waals surface area contributed by atoms with Crippen LogP contribution in [0.15, 0.2) is 47.4 Å². The zero-order valence-corrected chi connectivity index (χ0v) is 13.4. The first-order chi connectivity index (χ1) is 11.3. The zero-order valence-electron chi connectivity index (χ0n) is 12.6. The Kier molecular flexibility index (Phi) is 3.87. The highest BCUT2D eigenvalue weighted by Gasteiger charge is 2.28. The van der Waals surface area contributed by atoms with Gasteiger partial charge in [0.15, 0.2) is 11.5 Å². The van der Waals surface area contributed by atoms with Gasteiger partial charge in [-0.3, -0.25) is 4.79 Å². The summed E-state index contributed by atoms with van der Waals surface area (Å²) >= 11 is 1.63. The van der Waals surface area contributed by atoms with E-state index in [0.717, 1.165) is 24.3 Å². The molecule has 1 amide bonds. The van der Waals surface area contributed by atoms with Crippen LogP contribution in [-0.2, 0) is 11.2 Å². The molecule has 2 aliphatic rings. The number of carbonyl (C=O) groups excluding carboxylic acids is 1. The minimum atomic E-state index is -0.0802. The van der Waals surface area contributed by atoms with Crippen molar-refractivity contribution in [3.05, 3.63) is 48.0 Å². The summed E-state index contributed by atoms with van der Waals surface area (Å²) < 4.78 is 11.3. The second-order valence-electron chi connectivity index (χ2n) is 5.62. The lowest BCUT2D eigenvalue weighted by atomic mass is 10.1. The van der Waals surface area contributed by atoms with Gasteiger partial charge in [0.2, 0.25) is 5.91 Å². The number of ether oxygens (including phenoxy) is 2. The highest BCUT2D eigenvalue weighted by atomic mass is 32.2. The average molecular weight is 327 g/mol. The summed E-state index contributed by atoms with van der Waals surface area (Å²) in [5, 5.41) is 2.91. The fraction of sp³-hybridized carbons (Fsp3) is 0.278. The van der Waals surface area contributed by atoms with Gasteiger partial charge in [0.05, 0.1) is 18.5 Å². The number of fused-ring (bicyclic) bond motifs is 2. The average Bonchev–Trinajstić information content (AvgIpc) is 2.87. The molecule has 1 atom stereocenters. The molecule has 118 valence electrons. The van der Waals surface area contributed by atoms with Crippen molar-refractivity contribution in [1.29, 1.82) is 0 Å². The number of hydrogen-bond donors (Lipinski definition) is 1. The van der Waals surface area contributed by atoms with Crippen molar-refractivity contribution in [3.8, 4) is 11.5 Å². The molecule has 0 aromatic heterocycles. The molecular formula is C18H17NO3S. The third kappa shape index (κ3) is 3.01. The van der Waals surface area contributed by atoms with Gasteiger partial charge in [-0.1, -0.05) is 18.2 Å². The van der Waals surface area contributed by atoms with Crippen LogP contribution in [0.4, 0.5) is 5.69 Å². The molecule has 2 heterocycles. The largest absolute Gasteiger partial charge is 0.490 e. The molecule has 0 fully saturated rings. The van der Waals surface area contributed by atoms with Crippen molar-refractivity contribution >= 4 is 23.4 Å². The Morgan fingerprint density at radius 3 is 2.78 bits per heavy atom. The van der Waals surface area contributed by atoms with Crippen molar-refractivity contribution < 1.29 is 14.3 Å². The summed E-state index contributed by atoms with van der Waals surface area (Å²) in [5.74, 6) is 1.46. The molecule has 0 spiro atoms. The predicted molar refractivity (Wildman–Crippen MR) is 90.5 cm³/mol. The summed E-state index contributed by atoms with van der Waals surface area (Å²) in [7, 11) is 0. The molecule has 0 bridgehead atoms. The Balaban J connectivity index is 1.46. The number of benzene rings is 2. The summed E-state index contributed by atoms with van der Waals surface area (Å²) in [6.45, 7) is 1.30. The predicted octanol–water partition coefficient (Wildman–Crippen LogP) is 3.50. The van der Waals surface area contributed by atoms with Crippen LogP contribution in [0.3, 0.4) is 0 Å². The SMILES string of the molecule is O=C(Nc1ccc2c(c1)OCCCO2)C1Cc2ccccc2S1. The van der Waals surface area contributed by atoms with Gasteiger partial charge in [0, 0.05) is 23.1 Å². The van der Waals surface area contributed by atoms with E-state index in [-0.39, 0.29) is 11.2 Å². The standard InChI is InChI=1S/C18H17NO3S/c20-18(17-10-12-4-1-2-5-16(12)23-17)19-13-6-7-14-15(11-13)22-9-3-8-21-14/h1-2,4-7,11,17H,3,8-10H2,(H,19,20). The summed E-state index contributed by atoms with van der Waals surface area (Å²) in [6.07, 6.45) is 1.64. The molecule has 23 heavy (non-hydrogen) atoms. The van der Waals surface area contributed by atoms with E-state index in [1.807, 2.05) is 30.3 Å². The highest BCUT2D eigenvalue weighted by Crippen LogP contribution is 2.38. The lowest BCUT2D eigenvalue weighted by Gasteiger charge is -2.12. The van der Waals surface area contributed by atoms with E-state index >= 15 is 0 Å². The van der Waals surface area contributed by atoms with Gasteiger partial charge in [0.1, 0.15) is 0 Å². The second-order valence-corrected chi connectivity index (χ2v) is 6.86. The Labute approximate surface area is 139 Å². The summed E-state index contributed by atoms with van der Waals surface area (Å²) in [6, 6.07) is 13.7. The number of anilines is 1. The van der Waals surface area contributed by atoms with Crippen LogP contribution in [-0.4, -0.2) is 24.4 Å². The molecule has 5 heteroatoms. The normalized spacial score (nSPS) is 18.9. The Bertz CT molecular complexity index is 722. The third-order valence-electron chi connectivity index (χ3n) is 3.95. The minimum absolute atomic E-state index is 0.0284. The fourth-order valence-corrected chi connectivity index (χ4v) is 3.99. The van der Waals surface area contributed by atoms with Crippen molar-refractivity contribution in [2.75, 3.05) is 18.5 Å².